The molecule has 2 rings (SSSR count). The number of hydrogen-bond acceptors (Lipinski definition) is 3. The van der Waals surface area contributed by atoms with Crippen LogP contribution >= 0.6 is 11.6 Å². The third-order valence-corrected chi connectivity index (χ3v) is 3.62. The number of carboxylic acid groups (broad SMARTS) is 1. The van der Waals surface area contributed by atoms with Crippen molar-refractivity contribution in [1.29, 1.82) is 0 Å². The number of halogens is 1. The van der Waals surface area contributed by atoms with Gasteiger partial charge in [0.2, 0.25) is 0 Å². The maximum absolute atomic E-state index is 11.1. The van der Waals surface area contributed by atoms with E-state index in [0.29, 0.717) is 18.8 Å². The minimum absolute atomic E-state index is 0.275. The zero-order valence-electron chi connectivity index (χ0n) is 12.3. The summed E-state index contributed by atoms with van der Waals surface area (Å²) < 4.78 is 5.64. The fourth-order valence-electron chi connectivity index (χ4n) is 2.02. The van der Waals surface area contributed by atoms with Gasteiger partial charge in [-0.2, -0.15) is 0 Å². The molecule has 0 aliphatic carbocycles. The number of aryl methyl sites for hydroxylation is 1. The Labute approximate surface area is 134 Å². The molecule has 0 amide bonds. The Balaban J connectivity index is 1.78. The van der Waals surface area contributed by atoms with Crippen LogP contribution in [0.5, 0.6) is 5.75 Å². The Morgan fingerprint density at radius 1 is 1.27 bits per heavy atom. The summed E-state index contributed by atoms with van der Waals surface area (Å²) in [5.41, 5.74) is 1.88. The number of nitrogens with one attached hydrogen (secondary N) is 1. The molecule has 5 heteroatoms. The molecule has 2 aromatic carbocycles. The van der Waals surface area contributed by atoms with Crippen LogP contribution < -0.4 is 10.1 Å². The van der Waals surface area contributed by atoms with E-state index in [1.165, 1.54) is 0 Å². The minimum Gasteiger partial charge on any atom is -0.494 e. The van der Waals surface area contributed by atoms with Crippen LogP contribution in [0.25, 0.3) is 0 Å². The van der Waals surface area contributed by atoms with E-state index in [1.54, 1.807) is 18.2 Å². The summed E-state index contributed by atoms with van der Waals surface area (Å²) in [5.74, 6) is -0.149. The Kier molecular flexibility index (Phi) is 5.67. The molecule has 0 aliphatic heterocycles. The van der Waals surface area contributed by atoms with Crippen LogP contribution in [-0.2, 0) is 0 Å². The van der Waals surface area contributed by atoms with Gasteiger partial charge in [-0.1, -0.05) is 23.7 Å². The van der Waals surface area contributed by atoms with Gasteiger partial charge in [-0.25, -0.2) is 4.79 Å². The average Bonchev–Trinajstić information content (AvgIpc) is 2.50. The van der Waals surface area contributed by atoms with Gasteiger partial charge < -0.3 is 15.2 Å². The number of carboxylic acids is 1. The summed E-state index contributed by atoms with van der Waals surface area (Å²) in [5, 5.41) is 12.9. The lowest BCUT2D eigenvalue weighted by Gasteiger charge is -2.10. The van der Waals surface area contributed by atoms with Crippen molar-refractivity contribution in [2.45, 2.75) is 13.3 Å². The van der Waals surface area contributed by atoms with Gasteiger partial charge >= 0.3 is 5.97 Å². The van der Waals surface area contributed by atoms with Crippen LogP contribution in [0.15, 0.2) is 42.5 Å². The van der Waals surface area contributed by atoms with Gasteiger partial charge in [0.05, 0.1) is 12.2 Å². The molecule has 0 aliphatic rings. The quantitative estimate of drug-likeness (QED) is 0.750. The Hall–Kier alpha value is -2.20. The molecule has 116 valence electrons. The summed E-state index contributed by atoms with van der Waals surface area (Å²) in [6.45, 7) is 3.11. The van der Waals surface area contributed by atoms with Crippen molar-refractivity contribution in [3.05, 3.63) is 58.6 Å². The molecule has 0 unspecified atom stereocenters. The van der Waals surface area contributed by atoms with Gasteiger partial charge in [0.1, 0.15) is 5.75 Å². The molecule has 0 heterocycles. The molecule has 0 fully saturated rings. The molecule has 0 bridgehead atoms. The molecule has 0 aromatic heterocycles. The summed E-state index contributed by atoms with van der Waals surface area (Å²) in [4.78, 5) is 11.1. The second-order valence-electron chi connectivity index (χ2n) is 4.89. The van der Waals surface area contributed by atoms with Crippen molar-refractivity contribution in [3.63, 3.8) is 0 Å². The van der Waals surface area contributed by atoms with Gasteiger partial charge in [0, 0.05) is 17.3 Å². The van der Waals surface area contributed by atoms with Gasteiger partial charge in [-0.15, -0.1) is 0 Å². The summed E-state index contributed by atoms with van der Waals surface area (Å²) in [6.07, 6.45) is 0.760. The number of carbonyl (C=O) groups is 1. The Morgan fingerprint density at radius 3 is 2.77 bits per heavy atom. The van der Waals surface area contributed by atoms with Gasteiger partial charge in [0.25, 0.3) is 0 Å². The van der Waals surface area contributed by atoms with E-state index in [-0.39, 0.29) is 5.56 Å². The number of ether oxygens (including phenoxy) is 1. The van der Waals surface area contributed by atoms with Crippen molar-refractivity contribution >= 4 is 23.3 Å². The lowest BCUT2D eigenvalue weighted by atomic mass is 10.2. The lowest BCUT2D eigenvalue weighted by Crippen LogP contribution is -2.10. The largest absolute Gasteiger partial charge is 0.494 e. The van der Waals surface area contributed by atoms with Crippen molar-refractivity contribution in [2.24, 2.45) is 0 Å². The molecule has 0 spiro atoms. The lowest BCUT2D eigenvalue weighted by molar-refractivity contribution is 0.0698. The third-order valence-electron chi connectivity index (χ3n) is 3.19. The smallest absolute Gasteiger partial charge is 0.337 e. The predicted molar refractivity (Wildman–Crippen MR) is 88.2 cm³/mol. The summed E-state index contributed by atoms with van der Waals surface area (Å²) >= 11 is 5.96. The second-order valence-corrected chi connectivity index (χ2v) is 5.30. The van der Waals surface area contributed by atoms with E-state index in [1.807, 2.05) is 31.2 Å². The molecule has 0 saturated carbocycles. The number of para-hydroxylation sites is 1. The molecular formula is C17H18ClNO3. The fourth-order valence-corrected chi connectivity index (χ4v) is 2.13. The Bertz CT molecular complexity index is 658. The molecule has 22 heavy (non-hydrogen) atoms. The SMILES string of the molecule is Cc1cc(OCCCNc2ccccc2C(=O)O)ccc1Cl. The average molecular weight is 320 g/mol. The first-order valence-electron chi connectivity index (χ1n) is 7.03. The highest BCUT2D eigenvalue weighted by Gasteiger charge is 2.07. The maximum atomic E-state index is 11.1. The molecular weight excluding hydrogens is 302 g/mol. The van der Waals surface area contributed by atoms with Crippen LogP contribution in [0, 0.1) is 6.92 Å². The molecule has 2 N–H and O–H groups in total. The third kappa shape index (κ3) is 4.40. The van der Waals surface area contributed by atoms with Crippen molar-refractivity contribution in [2.75, 3.05) is 18.5 Å². The standard InChI is InChI=1S/C17H18ClNO3/c1-12-11-13(7-8-15(12)18)22-10-4-9-19-16-6-3-2-5-14(16)17(20)21/h2-3,5-8,11,19H,4,9-10H2,1H3,(H,20,21). The van der Waals surface area contributed by atoms with Gasteiger partial charge in [-0.05, 0) is 49.2 Å². The number of rotatable bonds is 7. The molecule has 0 atom stereocenters. The summed E-state index contributed by atoms with van der Waals surface area (Å²) in [7, 11) is 0. The van der Waals surface area contributed by atoms with Crippen LogP contribution in [0.1, 0.15) is 22.3 Å². The van der Waals surface area contributed by atoms with E-state index >= 15 is 0 Å². The number of aromatic carboxylic acids is 1. The molecule has 0 saturated heterocycles. The molecule has 0 radical (unpaired) electrons. The van der Waals surface area contributed by atoms with E-state index in [4.69, 9.17) is 21.4 Å². The zero-order valence-corrected chi connectivity index (χ0v) is 13.1. The highest BCUT2D eigenvalue weighted by atomic mass is 35.5. The van der Waals surface area contributed by atoms with Crippen LogP contribution in [0.3, 0.4) is 0 Å². The van der Waals surface area contributed by atoms with Crippen LogP contribution in [-0.4, -0.2) is 24.2 Å². The highest BCUT2D eigenvalue weighted by molar-refractivity contribution is 6.31. The van der Waals surface area contributed by atoms with E-state index < -0.39 is 5.97 Å². The van der Waals surface area contributed by atoms with Crippen molar-refractivity contribution in [1.82, 2.24) is 0 Å². The maximum Gasteiger partial charge on any atom is 0.337 e. The van der Waals surface area contributed by atoms with E-state index in [0.717, 1.165) is 22.8 Å². The van der Waals surface area contributed by atoms with Crippen molar-refractivity contribution in [3.8, 4) is 5.75 Å². The molecule has 4 nitrogen and oxygen atoms in total. The van der Waals surface area contributed by atoms with Crippen molar-refractivity contribution < 1.29 is 14.6 Å². The molecule has 2 aromatic rings. The first-order valence-corrected chi connectivity index (χ1v) is 7.41. The van der Waals surface area contributed by atoms with Gasteiger partial charge in [-0.3, -0.25) is 0 Å². The number of benzene rings is 2. The number of hydrogen-bond donors (Lipinski definition) is 2. The number of anilines is 1. The van der Waals surface area contributed by atoms with E-state index in [9.17, 15) is 4.79 Å². The fraction of sp³-hybridized carbons (Fsp3) is 0.235. The minimum atomic E-state index is -0.934. The Morgan fingerprint density at radius 2 is 2.05 bits per heavy atom. The topological polar surface area (TPSA) is 58.6 Å². The van der Waals surface area contributed by atoms with Gasteiger partial charge in [0.15, 0.2) is 0 Å². The predicted octanol–water partition coefficient (Wildman–Crippen LogP) is 4.23. The second kappa shape index (κ2) is 7.71. The normalized spacial score (nSPS) is 10.3. The van der Waals surface area contributed by atoms with Crippen LogP contribution in [0.4, 0.5) is 5.69 Å². The van der Waals surface area contributed by atoms with Crippen LogP contribution in [0.2, 0.25) is 5.02 Å². The first kappa shape index (κ1) is 16.2. The summed E-state index contributed by atoms with van der Waals surface area (Å²) in [6, 6.07) is 12.4. The van der Waals surface area contributed by atoms with E-state index in [2.05, 4.69) is 5.32 Å². The zero-order chi connectivity index (χ0) is 15.9. The highest BCUT2D eigenvalue weighted by Crippen LogP contribution is 2.21. The monoisotopic (exact) mass is 319 g/mol. The first-order chi connectivity index (χ1) is 10.6.